The van der Waals surface area contributed by atoms with Crippen LogP contribution in [0.4, 0.5) is 0 Å². The zero-order valence-corrected chi connectivity index (χ0v) is 26.4. The van der Waals surface area contributed by atoms with Gasteiger partial charge in [0, 0.05) is 0 Å². The lowest BCUT2D eigenvalue weighted by Gasteiger charge is -2.21. The largest absolute Gasteiger partial charge is 0.0757 e. The lowest BCUT2D eigenvalue weighted by Crippen LogP contribution is -2.31. The molecular formula is C48H30. The summed E-state index contributed by atoms with van der Waals surface area (Å²) in [6.07, 6.45) is 4.59. The van der Waals surface area contributed by atoms with Crippen LogP contribution >= 0.6 is 0 Å². The predicted molar refractivity (Wildman–Crippen MR) is 203 cm³/mol. The molecule has 8 aromatic rings. The highest BCUT2D eigenvalue weighted by Gasteiger charge is 2.31. The molecule has 0 nitrogen and oxygen atoms in total. The van der Waals surface area contributed by atoms with Crippen molar-refractivity contribution in [2.75, 3.05) is 0 Å². The molecule has 0 saturated heterocycles. The molecule has 0 fully saturated rings. The summed E-state index contributed by atoms with van der Waals surface area (Å²) in [5.41, 5.74) is 19.0. The van der Waals surface area contributed by atoms with Gasteiger partial charge in [0.05, 0.1) is 0 Å². The summed E-state index contributed by atoms with van der Waals surface area (Å²) in [7, 11) is 0. The Morgan fingerprint density at radius 2 is 0.979 bits per heavy atom. The van der Waals surface area contributed by atoms with Crippen molar-refractivity contribution in [2.45, 2.75) is 12.8 Å². The summed E-state index contributed by atoms with van der Waals surface area (Å²) >= 11 is 0. The summed E-state index contributed by atoms with van der Waals surface area (Å²) in [4.78, 5) is 0. The molecule has 3 aliphatic rings. The maximum atomic E-state index is 2.51. The van der Waals surface area contributed by atoms with E-state index in [1.54, 1.807) is 0 Å². The van der Waals surface area contributed by atoms with Crippen molar-refractivity contribution in [3.63, 3.8) is 0 Å². The quantitative estimate of drug-likeness (QED) is 0.188. The van der Waals surface area contributed by atoms with Crippen LogP contribution in [-0.4, -0.2) is 0 Å². The molecule has 0 atom stereocenters. The zero-order chi connectivity index (χ0) is 31.3. The molecular weight excluding hydrogens is 577 g/mol. The Labute approximate surface area is 279 Å². The molecule has 222 valence electrons. The van der Waals surface area contributed by atoms with Gasteiger partial charge in [-0.1, -0.05) is 152 Å². The Morgan fingerprint density at radius 3 is 1.69 bits per heavy atom. The van der Waals surface area contributed by atoms with Gasteiger partial charge < -0.3 is 0 Å². The van der Waals surface area contributed by atoms with E-state index >= 15 is 0 Å². The first-order chi connectivity index (χ1) is 23.8. The van der Waals surface area contributed by atoms with Crippen molar-refractivity contribution in [3.8, 4) is 66.8 Å². The third kappa shape index (κ3) is 3.44. The Hall–Kier alpha value is -5.98. The molecule has 11 rings (SSSR count). The first-order valence-corrected chi connectivity index (χ1v) is 17.1. The van der Waals surface area contributed by atoms with Crippen LogP contribution in [0.1, 0.15) is 18.4 Å². The fourth-order valence-corrected chi connectivity index (χ4v) is 9.13. The van der Waals surface area contributed by atoms with E-state index in [-0.39, 0.29) is 0 Å². The van der Waals surface area contributed by atoms with E-state index in [0.717, 1.165) is 12.8 Å². The Balaban J connectivity index is 1.22. The average Bonchev–Trinajstić information content (AvgIpc) is 3.66. The van der Waals surface area contributed by atoms with Crippen LogP contribution in [0.3, 0.4) is 0 Å². The maximum Gasteiger partial charge on any atom is -0.00108 e. The minimum atomic E-state index is 1.04. The van der Waals surface area contributed by atoms with Crippen molar-refractivity contribution >= 4 is 33.2 Å². The van der Waals surface area contributed by atoms with Crippen LogP contribution in [0.15, 0.2) is 152 Å². The van der Waals surface area contributed by atoms with Gasteiger partial charge in [-0.2, -0.15) is 0 Å². The molecule has 8 aromatic carbocycles. The Kier molecular flexibility index (Phi) is 5.32. The fraction of sp³-hybridized carbons (Fsp3) is 0.0417. The SMILES string of the molecule is C1=c2c(-c3ccc4c(c3)-c3cccc5cccc-4c35)ccc3c2=C(CC1)c1c-3c(-c2ccccc2)c2ccccc2c1-c1ccccc1. The first-order valence-electron chi connectivity index (χ1n) is 17.1. The number of hydrogen-bond donors (Lipinski definition) is 0. The minimum absolute atomic E-state index is 1.04. The van der Waals surface area contributed by atoms with Crippen LogP contribution in [-0.2, 0) is 0 Å². The van der Waals surface area contributed by atoms with Gasteiger partial charge >= 0.3 is 0 Å². The van der Waals surface area contributed by atoms with Crippen LogP contribution in [0, 0.1) is 0 Å². The molecule has 0 saturated carbocycles. The number of hydrogen-bond acceptors (Lipinski definition) is 0. The van der Waals surface area contributed by atoms with Gasteiger partial charge in [0.1, 0.15) is 0 Å². The fourth-order valence-electron chi connectivity index (χ4n) is 9.13. The monoisotopic (exact) mass is 606 g/mol. The van der Waals surface area contributed by atoms with Gasteiger partial charge in [-0.25, -0.2) is 0 Å². The molecule has 0 heterocycles. The predicted octanol–water partition coefficient (Wildman–Crippen LogP) is 11.4. The molecule has 48 heavy (non-hydrogen) atoms. The second-order valence-electron chi connectivity index (χ2n) is 13.4. The molecule has 0 aliphatic heterocycles. The van der Waals surface area contributed by atoms with Crippen LogP contribution < -0.4 is 10.4 Å². The van der Waals surface area contributed by atoms with E-state index in [2.05, 4.69) is 158 Å². The standard InChI is InChI=1S/C48H30/c1-3-12-30(13-4-1)44-37-18-7-8-19-38(37)45(31-14-5-2-6-15-31)48-41-27-26-33(35-22-11-23-40(46(35)41)47(44)48)32-24-25-34-36-20-9-16-29-17-10-21-39(43(29)36)42(34)28-32/h1-10,12-22,24-28H,11,23H2. The topological polar surface area (TPSA) is 0 Å². The lowest BCUT2D eigenvalue weighted by atomic mass is 9.81. The van der Waals surface area contributed by atoms with Crippen molar-refractivity contribution in [2.24, 2.45) is 0 Å². The number of fused-ring (bicyclic) bond motifs is 7. The van der Waals surface area contributed by atoms with Gasteiger partial charge in [0.2, 0.25) is 0 Å². The van der Waals surface area contributed by atoms with Crippen LogP contribution in [0.25, 0.3) is 100.0 Å². The summed E-state index contributed by atoms with van der Waals surface area (Å²) in [5, 5.41) is 8.16. The second-order valence-corrected chi connectivity index (χ2v) is 13.4. The zero-order valence-electron chi connectivity index (χ0n) is 26.4. The smallest absolute Gasteiger partial charge is 0.00108 e. The Bertz CT molecular complexity index is 2800. The number of benzene rings is 8. The van der Waals surface area contributed by atoms with E-state index in [4.69, 9.17) is 0 Å². The van der Waals surface area contributed by atoms with E-state index in [9.17, 15) is 0 Å². The second kappa shape index (κ2) is 9.77. The lowest BCUT2D eigenvalue weighted by molar-refractivity contribution is 1.09. The van der Waals surface area contributed by atoms with Gasteiger partial charge in [-0.05, 0) is 129 Å². The summed E-state index contributed by atoms with van der Waals surface area (Å²) < 4.78 is 0. The van der Waals surface area contributed by atoms with Crippen molar-refractivity contribution < 1.29 is 0 Å². The normalized spacial score (nSPS) is 13.4. The molecule has 0 aromatic heterocycles. The third-order valence-corrected chi connectivity index (χ3v) is 11.0. The van der Waals surface area contributed by atoms with E-state index < -0.39 is 0 Å². The third-order valence-electron chi connectivity index (χ3n) is 11.0. The summed E-state index contributed by atoms with van der Waals surface area (Å²) in [6, 6.07) is 56.6. The summed E-state index contributed by atoms with van der Waals surface area (Å²) in [5.74, 6) is 0. The maximum absolute atomic E-state index is 2.51. The van der Waals surface area contributed by atoms with Crippen LogP contribution in [0.2, 0.25) is 0 Å². The average molecular weight is 607 g/mol. The molecule has 0 radical (unpaired) electrons. The summed E-state index contributed by atoms with van der Waals surface area (Å²) in [6.45, 7) is 0. The van der Waals surface area contributed by atoms with Gasteiger partial charge in [-0.15, -0.1) is 0 Å². The molecule has 0 unspecified atom stereocenters. The highest BCUT2D eigenvalue weighted by molar-refractivity contribution is 6.18. The van der Waals surface area contributed by atoms with Gasteiger partial charge in [-0.3, -0.25) is 0 Å². The molecule has 0 N–H and O–H groups in total. The number of rotatable bonds is 3. The highest BCUT2D eigenvalue weighted by Crippen LogP contribution is 2.52. The molecule has 3 aliphatic carbocycles. The molecule has 0 amide bonds. The van der Waals surface area contributed by atoms with Crippen LogP contribution in [0.5, 0.6) is 0 Å². The minimum Gasteiger partial charge on any atom is -0.0757 e. The molecule has 0 heteroatoms. The van der Waals surface area contributed by atoms with Gasteiger partial charge in [0.25, 0.3) is 0 Å². The first kappa shape index (κ1) is 26.1. The Morgan fingerprint density at radius 1 is 0.375 bits per heavy atom. The molecule has 0 bridgehead atoms. The van der Waals surface area contributed by atoms with E-state index in [1.165, 1.54) is 110 Å². The highest BCUT2D eigenvalue weighted by atomic mass is 14.3. The van der Waals surface area contributed by atoms with Gasteiger partial charge in [0.15, 0.2) is 0 Å². The van der Waals surface area contributed by atoms with Crippen molar-refractivity contribution in [1.29, 1.82) is 0 Å². The molecule has 0 spiro atoms. The van der Waals surface area contributed by atoms with Crippen molar-refractivity contribution in [1.82, 2.24) is 0 Å². The van der Waals surface area contributed by atoms with E-state index in [1.807, 2.05) is 0 Å². The van der Waals surface area contributed by atoms with E-state index in [0.29, 0.717) is 0 Å². The van der Waals surface area contributed by atoms with Crippen molar-refractivity contribution in [3.05, 3.63) is 168 Å².